The fourth-order valence-corrected chi connectivity index (χ4v) is 3.79. The van der Waals surface area contributed by atoms with E-state index in [-0.39, 0.29) is 17.7 Å². The number of carboxylic acids is 1. The number of fused-ring (bicyclic) bond motifs is 2. The van der Waals surface area contributed by atoms with Gasteiger partial charge in [-0.05, 0) is 55.4 Å². The number of aliphatic carboxylic acids is 1. The van der Waals surface area contributed by atoms with E-state index >= 15 is 0 Å². The smallest absolute Gasteiger partial charge is 0.307 e. The standard InChI is InChI=1S/C17H19NO3/c1-9-5-10(2)7-13(6-9)18-16(19)14-11-3-4-12(8-11)15(14)17(20)21/h3-7,11-12,14-15H,8H2,1-2H3,(H,18,19)(H,20,21)/t11-,12+,14-,15+/m1/s1. The molecule has 2 N–H and O–H groups in total. The number of anilines is 1. The lowest BCUT2D eigenvalue weighted by molar-refractivity contribution is -0.146. The Morgan fingerprint density at radius 3 is 2.19 bits per heavy atom. The van der Waals surface area contributed by atoms with Gasteiger partial charge in [0.1, 0.15) is 0 Å². The predicted octanol–water partition coefficient (Wildman–Crippen LogP) is 2.76. The van der Waals surface area contributed by atoms with Crippen molar-refractivity contribution >= 4 is 17.6 Å². The number of rotatable bonds is 3. The zero-order valence-electron chi connectivity index (χ0n) is 12.2. The highest BCUT2D eigenvalue weighted by Gasteiger charge is 2.51. The summed E-state index contributed by atoms with van der Waals surface area (Å²) in [5, 5.41) is 12.3. The Balaban J connectivity index is 1.82. The molecule has 1 fully saturated rings. The Hall–Kier alpha value is -2.10. The van der Waals surface area contributed by atoms with Crippen LogP contribution in [0.4, 0.5) is 5.69 Å². The van der Waals surface area contributed by atoms with E-state index in [4.69, 9.17) is 0 Å². The lowest BCUT2D eigenvalue weighted by atomic mass is 9.82. The molecule has 0 aliphatic heterocycles. The lowest BCUT2D eigenvalue weighted by Gasteiger charge is -2.24. The van der Waals surface area contributed by atoms with Gasteiger partial charge in [-0.15, -0.1) is 0 Å². The third-order valence-corrected chi connectivity index (χ3v) is 4.54. The second-order valence-corrected chi connectivity index (χ2v) is 6.20. The largest absolute Gasteiger partial charge is 0.481 e. The first-order chi connectivity index (χ1) is 9.95. The van der Waals surface area contributed by atoms with Crippen LogP contribution in [0.3, 0.4) is 0 Å². The molecule has 1 amide bonds. The normalized spacial score (nSPS) is 29.6. The van der Waals surface area contributed by atoms with Gasteiger partial charge < -0.3 is 10.4 Å². The molecule has 1 aromatic rings. The van der Waals surface area contributed by atoms with Crippen molar-refractivity contribution in [2.24, 2.45) is 23.7 Å². The van der Waals surface area contributed by atoms with Gasteiger partial charge in [-0.2, -0.15) is 0 Å². The molecule has 2 bridgehead atoms. The monoisotopic (exact) mass is 285 g/mol. The van der Waals surface area contributed by atoms with E-state index in [0.717, 1.165) is 23.2 Å². The number of allylic oxidation sites excluding steroid dienone is 2. The molecule has 0 saturated heterocycles. The van der Waals surface area contributed by atoms with Crippen molar-refractivity contribution in [2.75, 3.05) is 5.32 Å². The van der Waals surface area contributed by atoms with Crippen molar-refractivity contribution in [2.45, 2.75) is 20.3 Å². The summed E-state index contributed by atoms with van der Waals surface area (Å²) in [5.41, 5.74) is 2.90. The zero-order chi connectivity index (χ0) is 15.1. The maximum absolute atomic E-state index is 12.5. The molecule has 2 aliphatic rings. The molecular formula is C17H19NO3. The van der Waals surface area contributed by atoms with Crippen molar-refractivity contribution in [3.05, 3.63) is 41.5 Å². The number of aryl methyl sites for hydroxylation is 2. The topological polar surface area (TPSA) is 66.4 Å². The van der Waals surface area contributed by atoms with Crippen LogP contribution in [0.15, 0.2) is 30.4 Å². The molecule has 1 aromatic carbocycles. The summed E-state index contributed by atoms with van der Waals surface area (Å²) in [7, 11) is 0. The van der Waals surface area contributed by atoms with Crippen molar-refractivity contribution in [3.63, 3.8) is 0 Å². The summed E-state index contributed by atoms with van der Waals surface area (Å²) in [6.07, 6.45) is 4.72. The maximum atomic E-state index is 12.5. The zero-order valence-corrected chi connectivity index (χ0v) is 12.2. The van der Waals surface area contributed by atoms with Crippen LogP contribution in [0.1, 0.15) is 17.5 Å². The summed E-state index contributed by atoms with van der Waals surface area (Å²) < 4.78 is 0. The summed E-state index contributed by atoms with van der Waals surface area (Å²) in [6.45, 7) is 3.95. The summed E-state index contributed by atoms with van der Waals surface area (Å²) in [4.78, 5) is 24.0. The van der Waals surface area contributed by atoms with E-state index in [1.54, 1.807) is 0 Å². The lowest BCUT2D eigenvalue weighted by Crippen LogP contribution is -2.36. The second kappa shape index (κ2) is 5.02. The highest BCUT2D eigenvalue weighted by atomic mass is 16.4. The van der Waals surface area contributed by atoms with Gasteiger partial charge in [0.05, 0.1) is 11.8 Å². The average molecular weight is 285 g/mol. The first-order valence-electron chi connectivity index (χ1n) is 7.26. The number of nitrogens with one attached hydrogen (secondary N) is 1. The highest BCUT2D eigenvalue weighted by Crippen LogP contribution is 2.48. The van der Waals surface area contributed by atoms with Gasteiger partial charge in [0.2, 0.25) is 5.91 Å². The molecule has 4 heteroatoms. The minimum Gasteiger partial charge on any atom is -0.481 e. The molecule has 21 heavy (non-hydrogen) atoms. The average Bonchev–Trinajstić information content (AvgIpc) is 2.96. The SMILES string of the molecule is Cc1cc(C)cc(NC(=O)[C@H]2[C@@H](C(=O)O)[C@H]3C=C[C@@H]2C3)c1. The van der Waals surface area contributed by atoms with E-state index < -0.39 is 17.8 Å². The molecule has 0 spiro atoms. The van der Waals surface area contributed by atoms with E-state index in [0.29, 0.717) is 0 Å². The predicted molar refractivity (Wildman–Crippen MR) is 79.9 cm³/mol. The fraction of sp³-hybridized carbons (Fsp3) is 0.412. The molecule has 4 nitrogen and oxygen atoms in total. The molecule has 0 aromatic heterocycles. The van der Waals surface area contributed by atoms with Crippen molar-refractivity contribution in [3.8, 4) is 0 Å². The van der Waals surface area contributed by atoms with Crippen LogP contribution in [0.2, 0.25) is 0 Å². The Morgan fingerprint density at radius 2 is 1.62 bits per heavy atom. The highest BCUT2D eigenvalue weighted by molar-refractivity contribution is 5.96. The van der Waals surface area contributed by atoms with Gasteiger partial charge >= 0.3 is 5.97 Å². The van der Waals surface area contributed by atoms with E-state index in [2.05, 4.69) is 5.32 Å². The number of benzene rings is 1. The van der Waals surface area contributed by atoms with Crippen LogP contribution < -0.4 is 5.32 Å². The van der Waals surface area contributed by atoms with Crippen LogP contribution >= 0.6 is 0 Å². The van der Waals surface area contributed by atoms with Gasteiger partial charge in [0, 0.05) is 5.69 Å². The molecule has 110 valence electrons. The number of carboxylic acid groups (broad SMARTS) is 1. The van der Waals surface area contributed by atoms with Gasteiger partial charge in [-0.3, -0.25) is 9.59 Å². The molecular weight excluding hydrogens is 266 g/mol. The van der Waals surface area contributed by atoms with Gasteiger partial charge in [0.25, 0.3) is 0 Å². The molecule has 0 unspecified atom stereocenters. The van der Waals surface area contributed by atoms with Crippen molar-refractivity contribution in [1.82, 2.24) is 0 Å². The molecule has 3 rings (SSSR count). The van der Waals surface area contributed by atoms with Crippen LogP contribution in [-0.4, -0.2) is 17.0 Å². The first kappa shape index (κ1) is 13.9. The minimum atomic E-state index is -0.868. The van der Waals surface area contributed by atoms with Gasteiger partial charge in [-0.25, -0.2) is 0 Å². The second-order valence-electron chi connectivity index (χ2n) is 6.20. The van der Waals surface area contributed by atoms with Crippen LogP contribution in [0.25, 0.3) is 0 Å². The van der Waals surface area contributed by atoms with Gasteiger partial charge in [-0.1, -0.05) is 18.2 Å². The number of amides is 1. The third-order valence-electron chi connectivity index (χ3n) is 4.54. The number of carbonyl (C=O) groups is 2. The Bertz CT molecular complexity index is 615. The fourth-order valence-electron chi connectivity index (χ4n) is 3.79. The number of hydrogen-bond donors (Lipinski definition) is 2. The Kier molecular flexibility index (Phi) is 3.32. The maximum Gasteiger partial charge on any atom is 0.307 e. The van der Waals surface area contributed by atoms with Crippen molar-refractivity contribution in [1.29, 1.82) is 0 Å². The Morgan fingerprint density at radius 1 is 1.05 bits per heavy atom. The van der Waals surface area contributed by atoms with Crippen molar-refractivity contribution < 1.29 is 14.7 Å². The third kappa shape index (κ3) is 2.46. The minimum absolute atomic E-state index is 0.00231. The van der Waals surface area contributed by atoms with Crippen LogP contribution in [0.5, 0.6) is 0 Å². The quantitative estimate of drug-likeness (QED) is 0.839. The van der Waals surface area contributed by atoms with E-state index in [9.17, 15) is 14.7 Å². The summed E-state index contributed by atoms with van der Waals surface area (Å²) in [5.74, 6) is -2.04. The molecule has 0 heterocycles. The number of carbonyl (C=O) groups excluding carboxylic acids is 1. The van der Waals surface area contributed by atoms with Gasteiger partial charge in [0.15, 0.2) is 0 Å². The summed E-state index contributed by atoms with van der Waals surface area (Å²) in [6, 6.07) is 5.85. The Labute approximate surface area is 123 Å². The molecule has 2 aliphatic carbocycles. The molecule has 4 atom stereocenters. The molecule has 0 radical (unpaired) electrons. The van der Waals surface area contributed by atoms with Crippen LogP contribution in [0, 0.1) is 37.5 Å². The van der Waals surface area contributed by atoms with E-state index in [1.807, 2.05) is 44.2 Å². The summed E-state index contributed by atoms with van der Waals surface area (Å²) >= 11 is 0. The molecule has 1 saturated carbocycles. The number of hydrogen-bond acceptors (Lipinski definition) is 2. The van der Waals surface area contributed by atoms with Crippen LogP contribution in [-0.2, 0) is 9.59 Å². The first-order valence-corrected chi connectivity index (χ1v) is 7.26. The van der Waals surface area contributed by atoms with E-state index in [1.165, 1.54) is 0 Å².